The van der Waals surface area contributed by atoms with E-state index in [1.807, 2.05) is 32.0 Å². The molecule has 0 saturated heterocycles. The predicted molar refractivity (Wildman–Crippen MR) is 120 cm³/mol. The molecule has 0 spiro atoms. The maximum Gasteiger partial charge on any atom is 0.341 e. The van der Waals surface area contributed by atoms with Gasteiger partial charge in [-0.2, -0.15) is 0 Å². The number of hydrogen-bond acceptors (Lipinski definition) is 4. The molecule has 0 fully saturated rings. The fourth-order valence-corrected chi connectivity index (χ4v) is 5.38. The number of aryl methyl sites for hydroxylation is 2. The smallest absolute Gasteiger partial charge is 0.341 e. The molecule has 0 bridgehead atoms. The number of benzene rings is 1. The summed E-state index contributed by atoms with van der Waals surface area (Å²) in [5, 5.41) is 7.68. The van der Waals surface area contributed by atoms with Gasteiger partial charge in [0.2, 0.25) is 0 Å². The van der Waals surface area contributed by atoms with Gasteiger partial charge in [0.25, 0.3) is 0 Å². The number of ether oxygens (including phenoxy) is 1. The lowest BCUT2D eigenvalue weighted by Crippen LogP contribution is -2.20. The number of carbonyl (C=O) groups is 1. The van der Waals surface area contributed by atoms with Gasteiger partial charge in [0, 0.05) is 9.35 Å². The van der Waals surface area contributed by atoms with Crippen molar-refractivity contribution in [3.63, 3.8) is 0 Å². The highest BCUT2D eigenvalue weighted by Gasteiger charge is 2.26. The van der Waals surface area contributed by atoms with Crippen LogP contribution in [0.25, 0.3) is 0 Å². The molecular formula is C20H23BrN2O2S2. The molecule has 1 aromatic heterocycles. The number of thiocarbonyl (C=S) groups is 1. The molecule has 0 amide bonds. The average molecular weight is 467 g/mol. The van der Waals surface area contributed by atoms with Gasteiger partial charge in [-0.15, -0.1) is 11.3 Å². The number of anilines is 2. The number of esters is 1. The zero-order valence-electron chi connectivity index (χ0n) is 15.5. The first-order valence-corrected chi connectivity index (χ1v) is 11.2. The fraction of sp³-hybridized carbons (Fsp3) is 0.400. The fourth-order valence-electron chi connectivity index (χ4n) is 3.23. The van der Waals surface area contributed by atoms with E-state index in [0.717, 1.165) is 52.0 Å². The minimum Gasteiger partial charge on any atom is -0.462 e. The van der Waals surface area contributed by atoms with Gasteiger partial charge in [0.05, 0.1) is 17.9 Å². The number of halogens is 1. The van der Waals surface area contributed by atoms with Crippen LogP contribution in [-0.4, -0.2) is 17.7 Å². The number of thiophene rings is 1. The van der Waals surface area contributed by atoms with Gasteiger partial charge in [-0.1, -0.05) is 12.5 Å². The second-order valence-corrected chi connectivity index (χ2v) is 8.92. The summed E-state index contributed by atoms with van der Waals surface area (Å²) in [5.41, 5.74) is 3.84. The number of carbonyl (C=O) groups excluding carboxylic acids is 1. The topological polar surface area (TPSA) is 50.4 Å². The van der Waals surface area contributed by atoms with E-state index in [4.69, 9.17) is 17.0 Å². The Morgan fingerprint density at radius 1 is 1.26 bits per heavy atom. The molecule has 3 rings (SSSR count). The Labute approximate surface area is 177 Å². The van der Waals surface area contributed by atoms with Gasteiger partial charge in [0.15, 0.2) is 5.11 Å². The van der Waals surface area contributed by atoms with Crippen molar-refractivity contribution in [2.75, 3.05) is 17.2 Å². The van der Waals surface area contributed by atoms with Gasteiger partial charge in [0.1, 0.15) is 5.00 Å². The van der Waals surface area contributed by atoms with Crippen LogP contribution < -0.4 is 10.6 Å². The quantitative estimate of drug-likeness (QED) is 0.325. The van der Waals surface area contributed by atoms with E-state index in [1.165, 1.54) is 11.3 Å². The van der Waals surface area contributed by atoms with Crippen LogP contribution in [0, 0.1) is 6.92 Å². The molecule has 2 N–H and O–H groups in total. The molecule has 1 aliphatic carbocycles. The highest BCUT2D eigenvalue weighted by atomic mass is 79.9. The summed E-state index contributed by atoms with van der Waals surface area (Å²) in [6.07, 6.45) is 5.40. The molecule has 1 aromatic carbocycles. The van der Waals surface area contributed by atoms with E-state index in [-0.39, 0.29) is 5.97 Å². The van der Waals surface area contributed by atoms with Crippen LogP contribution in [0.5, 0.6) is 0 Å². The van der Waals surface area contributed by atoms with Crippen LogP contribution in [0.1, 0.15) is 52.5 Å². The summed E-state index contributed by atoms with van der Waals surface area (Å²) in [5.74, 6) is -0.265. The molecular weight excluding hydrogens is 444 g/mol. The Morgan fingerprint density at radius 2 is 2.04 bits per heavy atom. The number of rotatable bonds is 4. The van der Waals surface area contributed by atoms with Crippen molar-refractivity contribution in [3.05, 3.63) is 44.2 Å². The van der Waals surface area contributed by atoms with Crippen molar-refractivity contribution in [1.29, 1.82) is 0 Å². The van der Waals surface area contributed by atoms with Crippen molar-refractivity contribution in [2.45, 2.75) is 46.0 Å². The first-order valence-electron chi connectivity index (χ1n) is 9.15. The van der Waals surface area contributed by atoms with Gasteiger partial charge in [-0.25, -0.2) is 4.79 Å². The SMILES string of the molecule is CCOC(=O)c1c(NC(=S)Nc2ccc(C)cc2Br)sc2c1CCCCC2. The summed E-state index contributed by atoms with van der Waals surface area (Å²) < 4.78 is 6.27. The minimum absolute atomic E-state index is 0.265. The van der Waals surface area contributed by atoms with E-state index in [2.05, 4.69) is 26.6 Å². The van der Waals surface area contributed by atoms with E-state index in [0.29, 0.717) is 17.3 Å². The lowest BCUT2D eigenvalue weighted by Gasteiger charge is -2.13. The molecule has 0 aliphatic heterocycles. The maximum absolute atomic E-state index is 12.6. The Kier molecular flexibility index (Phi) is 6.89. The molecule has 2 aromatic rings. The summed E-state index contributed by atoms with van der Waals surface area (Å²) in [7, 11) is 0. The lowest BCUT2D eigenvalue weighted by atomic mass is 10.1. The summed E-state index contributed by atoms with van der Waals surface area (Å²) in [4.78, 5) is 13.9. The Bertz CT molecular complexity index is 864. The second-order valence-electron chi connectivity index (χ2n) is 6.55. The Hall–Kier alpha value is -1.44. The van der Waals surface area contributed by atoms with Crippen molar-refractivity contribution < 1.29 is 9.53 Å². The molecule has 27 heavy (non-hydrogen) atoms. The van der Waals surface area contributed by atoms with Crippen LogP contribution in [0.4, 0.5) is 10.7 Å². The van der Waals surface area contributed by atoms with Gasteiger partial charge in [-0.05, 0) is 90.9 Å². The highest BCUT2D eigenvalue weighted by molar-refractivity contribution is 9.10. The summed E-state index contributed by atoms with van der Waals surface area (Å²) in [6.45, 7) is 4.23. The monoisotopic (exact) mass is 466 g/mol. The predicted octanol–water partition coefficient (Wildman–Crippen LogP) is 6.07. The zero-order valence-corrected chi connectivity index (χ0v) is 18.7. The van der Waals surface area contributed by atoms with Crippen LogP contribution in [0.3, 0.4) is 0 Å². The zero-order chi connectivity index (χ0) is 19.4. The second kappa shape index (κ2) is 9.17. The van der Waals surface area contributed by atoms with Crippen molar-refractivity contribution in [3.8, 4) is 0 Å². The van der Waals surface area contributed by atoms with E-state index in [9.17, 15) is 4.79 Å². The number of hydrogen-bond donors (Lipinski definition) is 2. The molecule has 7 heteroatoms. The van der Waals surface area contributed by atoms with E-state index >= 15 is 0 Å². The highest BCUT2D eigenvalue weighted by Crippen LogP contribution is 2.38. The largest absolute Gasteiger partial charge is 0.462 e. The molecule has 144 valence electrons. The normalized spacial score (nSPS) is 13.4. The maximum atomic E-state index is 12.6. The molecule has 1 aliphatic rings. The van der Waals surface area contributed by atoms with Gasteiger partial charge < -0.3 is 15.4 Å². The molecule has 1 heterocycles. The van der Waals surface area contributed by atoms with Crippen LogP contribution in [-0.2, 0) is 17.6 Å². The summed E-state index contributed by atoms with van der Waals surface area (Å²) in [6, 6.07) is 6.03. The average Bonchev–Trinajstić information content (AvgIpc) is 2.78. The number of fused-ring (bicyclic) bond motifs is 1. The third-order valence-corrected chi connectivity index (χ3v) is 6.57. The summed E-state index contributed by atoms with van der Waals surface area (Å²) >= 11 is 10.7. The first-order chi connectivity index (χ1) is 13.0. The minimum atomic E-state index is -0.265. The number of nitrogens with one attached hydrogen (secondary N) is 2. The van der Waals surface area contributed by atoms with Crippen LogP contribution >= 0.6 is 39.5 Å². The molecule has 0 unspecified atom stereocenters. The van der Waals surface area contributed by atoms with Crippen LogP contribution in [0.15, 0.2) is 22.7 Å². The van der Waals surface area contributed by atoms with Crippen molar-refractivity contribution in [1.82, 2.24) is 0 Å². The standard InChI is InChI=1S/C20H23BrN2O2S2/c1-3-25-19(24)17-13-7-5-4-6-8-16(13)27-18(17)23-20(26)22-15-10-9-12(2)11-14(15)21/h9-11H,3-8H2,1-2H3,(H2,22,23,26). The van der Waals surface area contributed by atoms with Crippen molar-refractivity contribution >= 4 is 61.3 Å². The Morgan fingerprint density at radius 3 is 2.78 bits per heavy atom. The van der Waals surface area contributed by atoms with Crippen molar-refractivity contribution in [2.24, 2.45) is 0 Å². The molecule has 4 nitrogen and oxygen atoms in total. The third kappa shape index (κ3) is 4.89. The van der Waals surface area contributed by atoms with Gasteiger partial charge in [-0.3, -0.25) is 0 Å². The van der Waals surface area contributed by atoms with Crippen LogP contribution in [0.2, 0.25) is 0 Å². The Balaban J connectivity index is 1.84. The van der Waals surface area contributed by atoms with E-state index in [1.54, 1.807) is 11.3 Å². The van der Waals surface area contributed by atoms with Gasteiger partial charge >= 0.3 is 5.97 Å². The van der Waals surface area contributed by atoms with E-state index < -0.39 is 0 Å². The lowest BCUT2D eigenvalue weighted by molar-refractivity contribution is 0.0527. The molecule has 0 radical (unpaired) electrons. The first kappa shape index (κ1) is 20.3. The molecule has 0 atom stereocenters. The molecule has 0 saturated carbocycles. The third-order valence-electron chi connectivity index (χ3n) is 4.50.